The first-order valence-corrected chi connectivity index (χ1v) is 27.3. The van der Waals surface area contributed by atoms with Crippen molar-refractivity contribution >= 4 is 126 Å². The summed E-state index contributed by atoms with van der Waals surface area (Å²) in [4.78, 5) is 63.2. The average Bonchev–Trinajstić information content (AvgIpc) is 4.07. The number of rotatable bonds is 14. The first-order chi connectivity index (χ1) is 36.4. The molecule has 80 heavy (non-hydrogen) atoms. The molecule has 404 valence electrons. The second kappa shape index (κ2) is 23.6. The minimum Gasteiger partial charge on any atom is -0.744 e. The molecular weight excluding hydrogens is 1160 g/mol. The van der Waals surface area contributed by atoms with Crippen LogP contribution in [0.5, 0.6) is 0 Å². The molecule has 0 aliphatic heterocycles. The Kier molecular flexibility index (Phi) is 18.4. The molecule has 0 atom stereocenters. The van der Waals surface area contributed by atoms with Gasteiger partial charge >= 0.3 is 65.1 Å². The molecule has 0 saturated heterocycles. The summed E-state index contributed by atoms with van der Waals surface area (Å²) < 4.78 is 174. The molecule has 0 radical (unpaired) electrons. The Labute approximate surface area is 495 Å². The van der Waals surface area contributed by atoms with Crippen molar-refractivity contribution in [3.05, 3.63) is 156 Å². The summed E-state index contributed by atoms with van der Waals surface area (Å²) in [6.07, 6.45) is 2.51. The number of carbonyl (C=O) groups is 5. The number of aryl methyl sites for hydroxylation is 2. The number of nitrogens with one attached hydrogen (secondary N) is 6. The van der Waals surface area contributed by atoms with E-state index in [1.165, 1.54) is 35.6 Å². The summed E-state index contributed by atoms with van der Waals surface area (Å²) in [5.74, 6) is -5.94. The zero-order chi connectivity index (χ0) is 57.0. The van der Waals surface area contributed by atoms with Crippen molar-refractivity contribution in [2.45, 2.75) is 19.6 Å². The van der Waals surface area contributed by atoms with E-state index >= 15 is 8.78 Å². The standard InChI is InChI=1S/C47H36F2N8O17S4.2Na/c1-56-21-25(19-37(56)45(60)52-33-15-11-27-29(41(33)77(69,70)71)5-3-7-39(27)75(63,64)65)50-43(58)23-9-13-31(48)35(17-23)54-47(62)55-36-18-24(10-14-32(36)49)44(59)51-26-20-38(57(2)22-26)46(61)53-34-16-12-28-30(42(34)78(72,73)74)6-4-8-40(28)76(66,67)68;;/h3-22H,1-2H3,(H,50,58)(H,51,59)(H,52,60)(H,53,61)(H2,54,55,62)(H,63,64,65)(H,66,67,68)(H,69,70,71)(H,72,73,74);;/q;2*+1/p-2. The van der Waals surface area contributed by atoms with Gasteiger partial charge < -0.3 is 50.1 Å². The Hall–Kier alpha value is -6.95. The van der Waals surface area contributed by atoms with Gasteiger partial charge in [0.15, 0.2) is 0 Å². The molecule has 8 N–H and O–H groups in total. The topological polar surface area (TPSA) is 391 Å². The predicted molar refractivity (Wildman–Crippen MR) is 272 cm³/mol. The molecule has 8 rings (SSSR count). The molecule has 8 aromatic rings. The van der Waals surface area contributed by atoms with Gasteiger partial charge in [-0.05, 0) is 72.8 Å². The molecular formula is C47H34F2N8Na2O17S4. The number of amides is 6. The van der Waals surface area contributed by atoms with Crippen molar-refractivity contribution in [3.8, 4) is 0 Å². The van der Waals surface area contributed by atoms with E-state index in [4.69, 9.17) is 0 Å². The molecule has 0 spiro atoms. The second-order valence-corrected chi connectivity index (χ2v) is 22.1. The Morgan fingerprint density at radius 3 is 1.27 bits per heavy atom. The van der Waals surface area contributed by atoms with Gasteiger partial charge in [-0.1, -0.05) is 36.4 Å². The smallest absolute Gasteiger partial charge is 0.744 e. The molecule has 33 heteroatoms. The van der Waals surface area contributed by atoms with Gasteiger partial charge in [-0.25, -0.2) is 30.4 Å². The molecule has 0 saturated carbocycles. The maximum atomic E-state index is 15.0. The Morgan fingerprint density at radius 1 is 0.450 bits per heavy atom. The molecule has 2 heterocycles. The van der Waals surface area contributed by atoms with Crippen molar-refractivity contribution in [1.29, 1.82) is 0 Å². The van der Waals surface area contributed by atoms with Crippen LogP contribution in [0.15, 0.2) is 141 Å². The third-order valence-electron chi connectivity index (χ3n) is 11.4. The molecule has 0 aliphatic rings. The number of halogens is 2. The molecule has 6 amide bonds. The molecule has 0 unspecified atom stereocenters. The van der Waals surface area contributed by atoms with Crippen LogP contribution in [0.1, 0.15) is 41.7 Å². The van der Waals surface area contributed by atoms with Crippen molar-refractivity contribution < 1.29 is 144 Å². The van der Waals surface area contributed by atoms with E-state index in [1.54, 1.807) is 0 Å². The van der Waals surface area contributed by atoms with E-state index in [1.807, 2.05) is 0 Å². The summed E-state index contributed by atoms with van der Waals surface area (Å²) in [5.41, 5.74) is -3.23. The number of fused-ring (bicyclic) bond motifs is 2. The zero-order valence-electron chi connectivity index (χ0n) is 41.3. The second-order valence-electron chi connectivity index (χ2n) is 16.7. The maximum absolute atomic E-state index is 15.0. The molecule has 0 aliphatic carbocycles. The number of urea groups is 1. The molecule has 0 fully saturated rings. The molecule has 25 nitrogen and oxygen atoms in total. The van der Waals surface area contributed by atoms with Crippen LogP contribution < -0.4 is 91.0 Å². The molecule has 2 aromatic heterocycles. The van der Waals surface area contributed by atoms with E-state index in [-0.39, 0.29) is 104 Å². The van der Waals surface area contributed by atoms with Crippen LogP contribution in [0.25, 0.3) is 21.5 Å². The number of hydrogen-bond donors (Lipinski definition) is 8. The molecule has 0 bridgehead atoms. The summed E-state index contributed by atoms with van der Waals surface area (Å²) in [5, 5.41) is 12.2. The first-order valence-electron chi connectivity index (χ1n) is 21.6. The quantitative estimate of drug-likeness (QED) is 0.0521. The van der Waals surface area contributed by atoms with Crippen LogP contribution in [-0.2, 0) is 54.6 Å². The minimum atomic E-state index is -5.42. The number of benzene rings is 6. The van der Waals surface area contributed by atoms with E-state index in [9.17, 15) is 75.9 Å². The number of nitrogens with zero attached hydrogens (tertiary/aromatic N) is 2. The van der Waals surface area contributed by atoms with Gasteiger partial charge in [0.05, 0.1) is 43.9 Å². The van der Waals surface area contributed by atoms with E-state index in [0.717, 1.165) is 109 Å². The van der Waals surface area contributed by atoms with Gasteiger partial charge in [-0.2, -0.15) is 16.8 Å². The van der Waals surface area contributed by atoms with Crippen LogP contribution in [0.4, 0.5) is 47.7 Å². The van der Waals surface area contributed by atoms with Crippen molar-refractivity contribution in [3.63, 3.8) is 0 Å². The number of carbonyl (C=O) groups excluding carboxylic acids is 5. The van der Waals surface area contributed by atoms with Gasteiger partial charge in [0.2, 0.25) is 0 Å². The average molecular weight is 1200 g/mol. The number of hydrogen-bond acceptors (Lipinski definition) is 15. The summed E-state index contributed by atoms with van der Waals surface area (Å²) in [7, 11) is -17.8. The fourth-order valence-electron chi connectivity index (χ4n) is 8.09. The SMILES string of the molecule is Cn1cc(NC(=O)c2ccc(F)c(NC(=O)Nc3cc(C(=O)Nc4cc(C(=O)Nc5ccc6c(S(=O)(=O)O)cccc6c5S(=O)(=O)O)n(C)c4)ccc3F)c2)cc1C(=O)Nc1ccc2c(S(=O)(=O)[O-])cccc2c1S(=O)(=O)[O-].[Na+].[Na+]. The summed E-state index contributed by atoms with van der Waals surface area (Å²) in [6, 6.07) is 16.8. The van der Waals surface area contributed by atoms with Crippen LogP contribution in [0.3, 0.4) is 0 Å². The van der Waals surface area contributed by atoms with Crippen LogP contribution in [-0.4, -0.2) is 90.7 Å². The Balaban J connectivity index is 0.00000516. The Bertz CT molecular complexity index is 4130. The van der Waals surface area contributed by atoms with Gasteiger partial charge in [0.1, 0.15) is 53.0 Å². The van der Waals surface area contributed by atoms with Gasteiger partial charge in [-0.3, -0.25) is 28.3 Å². The third-order valence-corrected chi connectivity index (χ3v) is 15.1. The van der Waals surface area contributed by atoms with Crippen LogP contribution >= 0.6 is 0 Å². The van der Waals surface area contributed by atoms with Crippen LogP contribution in [0.2, 0.25) is 0 Å². The first kappa shape index (κ1) is 62.3. The van der Waals surface area contributed by atoms with Crippen molar-refractivity contribution in [2.24, 2.45) is 14.1 Å². The van der Waals surface area contributed by atoms with Crippen LogP contribution in [0, 0.1) is 11.6 Å². The number of aromatic nitrogens is 2. The monoisotopic (exact) mass is 1190 g/mol. The Morgan fingerprint density at radius 2 is 0.863 bits per heavy atom. The maximum Gasteiger partial charge on any atom is 1.00 e. The van der Waals surface area contributed by atoms with Gasteiger partial charge in [0.25, 0.3) is 43.9 Å². The molecule has 6 aromatic carbocycles. The minimum absolute atomic E-state index is 0. The summed E-state index contributed by atoms with van der Waals surface area (Å²) >= 11 is 0. The van der Waals surface area contributed by atoms with Gasteiger partial charge in [-0.15, -0.1) is 0 Å². The van der Waals surface area contributed by atoms with Crippen molar-refractivity contribution in [2.75, 3.05) is 31.9 Å². The van der Waals surface area contributed by atoms with E-state index < -0.39 is 135 Å². The fourth-order valence-corrected chi connectivity index (χ4v) is 11.2. The number of anilines is 6. The zero-order valence-corrected chi connectivity index (χ0v) is 48.6. The van der Waals surface area contributed by atoms with E-state index in [0.29, 0.717) is 0 Å². The van der Waals surface area contributed by atoms with Gasteiger partial charge in [0, 0.05) is 59.2 Å². The predicted octanol–water partition coefficient (Wildman–Crippen LogP) is -0.0890. The van der Waals surface area contributed by atoms with Crippen molar-refractivity contribution in [1.82, 2.24) is 9.13 Å². The summed E-state index contributed by atoms with van der Waals surface area (Å²) in [6.45, 7) is 0. The van der Waals surface area contributed by atoms with E-state index in [2.05, 4.69) is 31.9 Å². The third kappa shape index (κ3) is 13.4. The fraction of sp³-hybridized carbons (Fsp3) is 0.0426. The normalized spacial score (nSPS) is 11.7. The largest absolute Gasteiger partial charge is 1.00 e.